The van der Waals surface area contributed by atoms with E-state index in [1.165, 1.54) is 0 Å². The Hall–Kier alpha value is -2.66. The fraction of sp³-hybridized carbons (Fsp3) is 0.167. The van der Waals surface area contributed by atoms with Crippen molar-refractivity contribution < 1.29 is 9.59 Å². The summed E-state index contributed by atoms with van der Waals surface area (Å²) in [6, 6.07) is 10.3. The number of carbonyl (C=O) groups is 2. The Morgan fingerprint density at radius 1 is 1.12 bits per heavy atom. The molecule has 0 saturated carbocycles. The molecule has 5 nitrogen and oxygen atoms in total. The molecular weight excluding hydrogens is 326 g/mol. The Kier molecular flexibility index (Phi) is 4.62. The van der Waals surface area contributed by atoms with Crippen LogP contribution < -0.4 is 5.32 Å². The Bertz CT molecular complexity index is 900. The Morgan fingerprint density at radius 2 is 1.88 bits per heavy atom. The Balaban J connectivity index is 1.61. The van der Waals surface area contributed by atoms with Crippen LogP contribution in [0, 0.1) is 6.92 Å². The highest BCUT2D eigenvalue weighted by molar-refractivity contribution is 6.30. The van der Waals surface area contributed by atoms with Gasteiger partial charge in [0.1, 0.15) is 5.65 Å². The summed E-state index contributed by atoms with van der Waals surface area (Å²) < 4.78 is 1.90. The van der Waals surface area contributed by atoms with Crippen LogP contribution >= 0.6 is 11.6 Å². The van der Waals surface area contributed by atoms with Gasteiger partial charge in [-0.3, -0.25) is 9.59 Å². The Labute approximate surface area is 144 Å². The van der Waals surface area contributed by atoms with Crippen molar-refractivity contribution in [2.75, 3.05) is 5.32 Å². The number of halogens is 1. The van der Waals surface area contributed by atoms with Crippen molar-refractivity contribution in [3.05, 3.63) is 65.1 Å². The maximum absolute atomic E-state index is 12.1. The number of hydrogen-bond donors (Lipinski definition) is 1. The van der Waals surface area contributed by atoms with E-state index in [1.807, 2.05) is 29.7 Å². The van der Waals surface area contributed by atoms with Crippen LogP contribution in [0.15, 0.2) is 48.8 Å². The summed E-state index contributed by atoms with van der Waals surface area (Å²) in [6.45, 7) is 1.91. The molecule has 0 aliphatic heterocycles. The van der Waals surface area contributed by atoms with E-state index in [9.17, 15) is 9.59 Å². The fourth-order valence-corrected chi connectivity index (χ4v) is 2.61. The van der Waals surface area contributed by atoms with Crippen LogP contribution in [0.1, 0.15) is 28.9 Å². The van der Waals surface area contributed by atoms with Crippen molar-refractivity contribution in [3.63, 3.8) is 0 Å². The number of pyridine rings is 1. The number of fused-ring (bicyclic) bond motifs is 1. The van der Waals surface area contributed by atoms with Gasteiger partial charge in [-0.15, -0.1) is 0 Å². The number of imidazole rings is 1. The van der Waals surface area contributed by atoms with Crippen molar-refractivity contribution in [1.82, 2.24) is 9.38 Å². The van der Waals surface area contributed by atoms with Gasteiger partial charge in [0.15, 0.2) is 5.78 Å². The molecule has 0 bridgehead atoms. The number of aryl methyl sites for hydroxylation is 1. The number of aromatic nitrogens is 2. The second-order valence-electron chi connectivity index (χ2n) is 5.47. The summed E-state index contributed by atoms with van der Waals surface area (Å²) in [5.41, 5.74) is 2.98. The number of carbonyl (C=O) groups excluding carboxylic acids is 2. The second kappa shape index (κ2) is 6.84. The lowest BCUT2D eigenvalue weighted by molar-refractivity contribution is -0.116. The Morgan fingerprint density at radius 3 is 2.62 bits per heavy atom. The van der Waals surface area contributed by atoms with Crippen LogP contribution in [-0.4, -0.2) is 21.1 Å². The zero-order valence-corrected chi connectivity index (χ0v) is 13.9. The lowest BCUT2D eigenvalue weighted by Crippen LogP contribution is -2.15. The zero-order chi connectivity index (χ0) is 17.1. The van der Waals surface area contributed by atoms with Gasteiger partial charge in [-0.2, -0.15) is 0 Å². The second-order valence-corrected chi connectivity index (χ2v) is 5.90. The van der Waals surface area contributed by atoms with E-state index in [2.05, 4.69) is 10.3 Å². The number of nitrogens with one attached hydrogen (secondary N) is 1. The van der Waals surface area contributed by atoms with Gasteiger partial charge in [0.05, 0.1) is 5.69 Å². The highest BCUT2D eigenvalue weighted by atomic mass is 35.5. The van der Waals surface area contributed by atoms with E-state index in [0.29, 0.717) is 16.3 Å². The molecule has 3 rings (SSSR count). The predicted octanol–water partition coefficient (Wildman–Crippen LogP) is 3.90. The molecular formula is C18H16ClN3O2. The number of anilines is 1. The molecule has 122 valence electrons. The van der Waals surface area contributed by atoms with Gasteiger partial charge in [-0.05, 0) is 43.3 Å². The molecule has 6 heteroatoms. The molecule has 1 aromatic carbocycles. The molecule has 24 heavy (non-hydrogen) atoms. The van der Waals surface area contributed by atoms with E-state index in [1.54, 1.807) is 30.5 Å². The summed E-state index contributed by atoms with van der Waals surface area (Å²) in [5, 5.41) is 3.43. The third-order valence-corrected chi connectivity index (χ3v) is 4.09. The minimum atomic E-state index is -0.195. The summed E-state index contributed by atoms with van der Waals surface area (Å²) >= 11 is 5.80. The van der Waals surface area contributed by atoms with Crippen molar-refractivity contribution >= 4 is 34.6 Å². The molecule has 2 heterocycles. The van der Waals surface area contributed by atoms with Gasteiger partial charge in [0.25, 0.3) is 0 Å². The van der Waals surface area contributed by atoms with E-state index in [-0.39, 0.29) is 24.5 Å². The third kappa shape index (κ3) is 3.46. The minimum Gasteiger partial charge on any atom is -0.325 e. The average molecular weight is 342 g/mol. The molecule has 0 fully saturated rings. The molecule has 0 aliphatic carbocycles. The molecule has 0 radical (unpaired) electrons. The van der Waals surface area contributed by atoms with E-state index >= 15 is 0 Å². The number of nitrogens with zero attached hydrogens (tertiary/aromatic N) is 2. The number of amides is 1. The quantitative estimate of drug-likeness (QED) is 0.716. The molecule has 1 N–H and O–H groups in total. The number of benzene rings is 1. The molecule has 2 aromatic heterocycles. The number of ketones is 1. The average Bonchev–Trinajstić information content (AvgIpc) is 3.05. The van der Waals surface area contributed by atoms with Crippen molar-refractivity contribution in [3.8, 4) is 0 Å². The smallest absolute Gasteiger partial charge is 0.224 e. The van der Waals surface area contributed by atoms with Crippen LogP contribution in [0.4, 0.5) is 5.69 Å². The van der Waals surface area contributed by atoms with E-state index < -0.39 is 0 Å². The van der Waals surface area contributed by atoms with Gasteiger partial charge in [0.2, 0.25) is 5.91 Å². The lowest BCUT2D eigenvalue weighted by Gasteiger charge is -2.10. The fourth-order valence-electron chi connectivity index (χ4n) is 2.48. The van der Waals surface area contributed by atoms with Crippen LogP contribution in [0.5, 0.6) is 0 Å². The summed E-state index contributed by atoms with van der Waals surface area (Å²) in [6.07, 6.45) is 3.83. The third-order valence-electron chi connectivity index (χ3n) is 3.84. The van der Waals surface area contributed by atoms with Gasteiger partial charge in [-0.1, -0.05) is 11.6 Å². The van der Waals surface area contributed by atoms with Crippen molar-refractivity contribution in [1.29, 1.82) is 0 Å². The normalized spacial score (nSPS) is 10.8. The number of rotatable bonds is 5. The highest BCUT2D eigenvalue weighted by Gasteiger charge is 2.11. The van der Waals surface area contributed by atoms with Gasteiger partial charge in [0, 0.05) is 41.5 Å². The zero-order valence-electron chi connectivity index (χ0n) is 13.1. The van der Waals surface area contributed by atoms with Crippen molar-refractivity contribution in [2.45, 2.75) is 19.8 Å². The van der Waals surface area contributed by atoms with Crippen LogP contribution in [0.3, 0.4) is 0 Å². The van der Waals surface area contributed by atoms with Gasteiger partial charge in [-0.25, -0.2) is 4.98 Å². The van der Waals surface area contributed by atoms with Crippen LogP contribution in [0.25, 0.3) is 5.65 Å². The van der Waals surface area contributed by atoms with Crippen molar-refractivity contribution in [2.24, 2.45) is 0 Å². The number of hydrogen-bond acceptors (Lipinski definition) is 3. The SMILES string of the molecule is Cc1c(NC(=O)CCC(=O)c2ccc(Cl)cc2)ccc2nccn12. The summed E-state index contributed by atoms with van der Waals surface area (Å²) in [7, 11) is 0. The summed E-state index contributed by atoms with van der Waals surface area (Å²) in [5.74, 6) is -0.275. The first-order chi connectivity index (χ1) is 11.5. The minimum absolute atomic E-state index is 0.0800. The lowest BCUT2D eigenvalue weighted by atomic mass is 10.1. The molecule has 0 atom stereocenters. The maximum Gasteiger partial charge on any atom is 0.224 e. The molecule has 1 amide bonds. The first-order valence-corrected chi connectivity index (χ1v) is 7.93. The molecule has 0 saturated heterocycles. The molecule has 0 aliphatic rings. The highest BCUT2D eigenvalue weighted by Crippen LogP contribution is 2.17. The number of Topliss-reactive ketones (excluding diaryl/α,β-unsaturated/α-hetero) is 1. The predicted molar refractivity (Wildman–Crippen MR) is 93.6 cm³/mol. The molecule has 3 aromatic rings. The first kappa shape index (κ1) is 16.2. The first-order valence-electron chi connectivity index (χ1n) is 7.56. The summed E-state index contributed by atoms with van der Waals surface area (Å²) in [4.78, 5) is 28.4. The molecule has 0 unspecified atom stereocenters. The van der Waals surface area contributed by atoms with Gasteiger partial charge < -0.3 is 9.72 Å². The van der Waals surface area contributed by atoms with E-state index in [0.717, 1.165) is 11.3 Å². The maximum atomic E-state index is 12.1. The topological polar surface area (TPSA) is 63.5 Å². The molecule has 0 spiro atoms. The van der Waals surface area contributed by atoms with Crippen LogP contribution in [-0.2, 0) is 4.79 Å². The standard InChI is InChI=1S/C18H16ClN3O2/c1-12-15(6-8-17-20-10-11-22(12)17)21-18(24)9-7-16(23)13-2-4-14(19)5-3-13/h2-6,8,10-11H,7,9H2,1H3,(H,21,24). The monoisotopic (exact) mass is 341 g/mol. The largest absolute Gasteiger partial charge is 0.325 e. The van der Waals surface area contributed by atoms with Gasteiger partial charge >= 0.3 is 0 Å². The van der Waals surface area contributed by atoms with Crippen LogP contribution in [0.2, 0.25) is 5.02 Å². The van der Waals surface area contributed by atoms with E-state index in [4.69, 9.17) is 11.6 Å².